The summed E-state index contributed by atoms with van der Waals surface area (Å²) < 4.78 is 47.6. The summed E-state index contributed by atoms with van der Waals surface area (Å²) in [5.41, 5.74) is -0.00556. The van der Waals surface area contributed by atoms with Crippen molar-refractivity contribution in [1.29, 1.82) is 0 Å². The molecule has 0 spiro atoms. The minimum Gasteiger partial charge on any atom is -0.455 e. The maximum Gasteiger partial charge on any atom is 0.271 e. The maximum atomic E-state index is 13.4. The molecular weight excluding hydrogens is 221 g/mol. The summed E-state index contributed by atoms with van der Waals surface area (Å²) >= 11 is 0. The van der Waals surface area contributed by atoms with Crippen LogP contribution in [0.5, 0.6) is 0 Å². The monoisotopic (exact) mass is 228 g/mol. The SMILES string of the molecule is FC(F)=Cc1c(F)cccc1C1OC=CO1. The van der Waals surface area contributed by atoms with Gasteiger partial charge in [-0.2, -0.15) is 8.78 Å². The van der Waals surface area contributed by atoms with Crippen molar-refractivity contribution in [2.75, 3.05) is 0 Å². The Bertz CT molecular complexity index is 443. The van der Waals surface area contributed by atoms with Gasteiger partial charge < -0.3 is 9.47 Å². The highest BCUT2D eigenvalue weighted by atomic mass is 19.3. The molecule has 84 valence electrons. The number of rotatable bonds is 2. The molecular formula is C11H7F3O2. The third kappa shape index (κ3) is 2.03. The van der Waals surface area contributed by atoms with E-state index in [4.69, 9.17) is 9.47 Å². The van der Waals surface area contributed by atoms with Crippen molar-refractivity contribution in [1.82, 2.24) is 0 Å². The van der Waals surface area contributed by atoms with Gasteiger partial charge in [0.2, 0.25) is 0 Å². The minimum atomic E-state index is -1.97. The molecule has 5 heteroatoms. The Labute approximate surface area is 89.6 Å². The zero-order valence-electron chi connectivity index (χ0n) is 7.99. The molecule has 1 heterocycles. The van der Waals surface area contributed by atoms with E-state index in [-0.39, 0.29) is 11.1 Å². The molecule has 0 N–H and O–H groups in total. The maximum absolute atomic E-state index is 13.4. The van der Waals surface area contributed by atoms with Crippen LogP contribution in [0.1, 0.15) is 17.4 Å². The van der Waals surface area contributed by atoms with Crippen molar-refractivity contribution in [2.45, 2.75) is 6.29 Å². The van der Waals surface area contributed by atoms with E-state index < -0.39 is 18.2 Å². The first-order valence-electron chi connectivity index (χ1n) is 4.45. The van der Waals surface area contributed by atoms with Crippen LogP contribution < -0.4 is 0 Å². The second-order valence-electron chi connectivity index (χ2n) is 3.05. The molecule has 0 unspecified atom stereocenters. The van der Waals surface area contributed by atoms with E-state index in [2.05, 4.69) is 0 Å². The molecule has 1 aromatic carbocycles. The zero-order chi connectivity index (χ0) is 11.5. The van der Waals surface area contributed by atoms with Gasteiger partial charge in [-0.15, -0.1) is 0 Å². The molecule has 0 aromatic heterocycles. The highest BCUT2D eigenvalue weighted by Crippen LogP contribution is 2.29. The minimum absolute atomic E-state index is 0.220. The van der Waals surface area contributed by atoms with Gasteiger partial charge in [0.25, 0.3) is 12.4 Å². The second kappa shape index (κ2) is 4.30. The Balaban J connectivity index is 2.43. The van der Waals surface area contributed by atoms with E-state index in [0.717, 1.165) is 6.07 Å². The standard InChI is InChI=1S/C11H7F3O2/c12-9-3-1-2-7(8(9)6-10(13)14)11-15-4-5-16-11/h1-6,11H. The Hall–Kier alpha value is -1.91. The van der Waals surface area contributed by atoms with Crippen molar-refractivity contribution in [3.05, 3.63) is 53.7 Å². The molecule has 1 aliphatic heterocycles. The molecule has 16 heavy (non-hydrogen) atoms. The van der Waals surface area contributed by atoms with E-state index >= 15 is 0 Å². The van der Waals surface area contributed by atoms with Gasteiger partial charge in [-0.1, -0.05) is 12.1 Å². The molecule has 0 atom stereocenters. The van der Waals surface area contributed by atoms with Crippen molar-refractivity contribution < 1.29 is 22.6 Å². The molecule has 0 saturated carbocycles. The smallest absolute Gasteiger partial charge is 0.271 e. The molecule has 0 amide bonds. The number of ether oxygens (including phenoxy) is 2. The fraction of sp³-hybridized carbons (Fsp3) is 0.0909. The van der Waals surface area contributed by atoms with Gasteiger partial charge in [0, 0.05) is 17.2 Å². The molecule has 1 aliphatic rings. The summed E-state index contributed by atoms with van der Waals surface area (Å²) in [6, 6.07) is 3.97. The fourth-order valence-corrected chi connectivity index (χ4v) is 1.41. The first-order chi connectivity index (χ1) is 7.68. The van der Waals surface area contributed by atoms with E-state index in [1.165, 1.54) is 24.7 Å². The summed E-state index contributed by atoms with van der Waals surface area (Å²) in [5.74, 6) is -0.746. The predicted octanol–water partition coefficient (Wildman–Crippen LogP) is 3.58. The Morgan fingerprint density at radius 2 is 1.88 bits per heavy atom. The van der Waals surface area contributed by atoms with Crippen LogP contribution in [0.3, 0.4) is 0 Å². The Kier molecular flexibility index (Phi) is 2.85. The summed E-state index contributed by atoms with van der Waals surface area (Å²) in [5, 5.41) is 0. The van der Waals surface area contributed by atoms with Gasteiger partial charge in [-0.05, 0) is 6.07 Å². The van der Waals surface area contributed by atoms with Crippen LogP contribution in [-0.4, -0.2) is 0 Å². The van der Waals surface area contributed by atoms with Gasteiger partial charge in [-0.25, -0.2) is 4.39 Å². The van der Waals surface area contributed by atoms with Crippen molar-refractivity contribution >= 4 is 6.08 Å². The average Bonchev–Trinajstić information content (AvgIpc) is 2.73. The van der Waals surface area contributed by atoms with Crippen LogP contribution in [0.2, 0.25) is 0 Å². The van der Waals surface area contributed by atoms with Crippen LogP contribution in [0, 0.1) is 5.82 Å². The molecule has 0 aliphatic carbocycles. The lowest BCUT2D eigenvalue weighted by molar-refractivity contribution is -0.0249. The van der Waals surface area contributed by atoms with Crippen LogP contribution in [0.25, 0.3) is 6.08 Å². The first-order valence-corrected chi connectivity index (χ1v) is 4.45. The second-order valence-corrected chi connectivity index (χ2v) is 3.05. The molecule has 0 fully saturated rings. The van der Waals surface area contributed by atoms with Crippen molar-refractivity contribution in [2.24, 2.45) is 0 Å². The highest BCUT2D eigenvalue weighted by Gasteiger charge is 2.20. The lowest BCUT2D eigenvalue weighted by atomic mass is 10.1. The van der Waals surface area contributed by atoms with Crippen LogP contribution in [0.4, 0.5) is 13.2 Å². The van der Waals surface area contributed by atoms with Gasteiger partial charge in [0.15, 0.2) is 0 Å². The lowest BCUT2D eigenvalue weighted by Gasteiger charge is -2.13. The van der Waals surface area contributed by atoms with E-state index in [9.17, 15) is 13.2 Å². The first kappa shape index (κ1) is 10.6. The summed E-state index contributed by atoms with van der Waals surface area (Å²) in [7, 11) is 0. The van der Waals surface area contributed by atoms with Crippen molar-refractivity contribution in [3.63, 3.8) is 0 Å². The van der Waals surface area contributed by atoms with Crippen LogP contribution >= 0.6 is 0 Å². The van der Waals surface area contributed by atoms with Crippen LogP contribution in [-0.2, 0) is 9.47 Å². The zero-order valence-corrected chi connectivity index (χ0v) is 7.99. The average molecular weight is 228 g/mol. The quantitative estimate of drug-likeness (QED) is 0.770. The van der Waals surface area contributed by atoms with Gasteiger partial charge in [-0.3, -0.25) is 0 Å². The Morgan fingerprint density at radius 1 is 1.19 bits per heavy atom. The highest BCUT2D eigenvalue weighted by molar-refractivity contribution is 5.55. The number of hydrogen-bond donors (Lipinski definition) is 0. The largest absolute Gasteiger partial charge is 0.455 e. The third-order valence-electron chi connectivity index (χ3n) is 2.05. The summed E-state index contributed by atoms with van der Waals surface area (Å²) in [6.07, 6.45) is 0.151. The molecule has 0 saturated heterocycles. The number of hydrogen-bond acceptors (Lipinski definition) is 2. The topological polar surface area (TPSA) is 18.5 Å². The summed E-state index contributed by atoms with van der Waals surface area (Å²) in [4.78, 5) is 0. The third-order valence-corrected chi connectivity index (χ3v) is 2.05. The van der Waals surface area contributed by atoms with Crippen molar-refractivity contribution in [3.8, 4) is 0 Å². The molecule has 2 nitrogen and oxygen atoms in total. The van der Waals surface area contributed by atoms with Gasteiger partial charge in [0.05, 0.1) is 0 Å². The predicted molar refractivity (Wildman–Crippen MR) is 50.6 cm³/mol. The van der Waals surface area contributed by atoms with Gasteiger partial charge >= 0.3 is 0 Å². The van der Waals surface area contributed by atoms with E-state index in [1.807, 2.05) is 0 Å². The normalized spacial score (nSPS) is 14.4. The fourth-order valence-electron chi connectivity index (χ4n) is 1.41. The number of halogens is 3. The van der Waals surface area contributed by atoms with E-state index in [0.29, 0.717) is 6.08 Å². The molecule has 0 radical (unpaired) electrons. The molecule has 2 rings (SSSR count). The Morgan fingerprint density at radius 3 is 2.50 bits per heavy atom. The molecule has 0 bridgehead atoms. The summed E-state index contributed by atoms with van der Waals surface area (Å²) in [6.45, 7) is 0. The molecule has 1 aromatic rings. The lowest BCUT2D eigenvalue weighted by Crippen LogP contribution is -2.02. The van der Waals surface area contributed by atoms with Crippen LogP contribution in [0.15, 0.2) is 36.8 Å². The van der Waals surface area contributed by atoms with Gasteiger partial charge in [0.1, 0.15) is 18.3 Å². The van der Waals surface area contributed by atoms with E-state index in [1.54, 1.807) is 0 Å². The number of benzene rings is 1.